The minimum atomic E-state index is -1.87. The fourth-order valence-corrected chi connectivity index (χ4v) is 1.11. The number of halogens is 4. The summed E-state index contributed by atoms with van der Waals surface area (Å²) in [6.07, 6.45) is 1.11. The Morgan fingerprint density at radius 3 is 2.33 bits per heavy atom. The molecule has 0 atom stereocenters. The van der Waals surface area contributed by atoms with Gasteiger partial charge < -0.3 is 4.52 Å². The third kappa shape index (κ3) is 1.47. The van der Waals surface area contributed by atoms with Crippen LogP contribution in [0, 0.1) is 23.3 Å². The van der Waals surface area contributed by atoms with Gasteiger partial charge in [-0.3, -0.25) is 0 Å². The first kappa shape index (κ1) is 9.70. The SMILES string of the molecule is Fc1cc(-c2ccon2)c(F)c(F)c1F. The van der Waals surface area contributed by atoms with Gasteiger partial charge in [0.25, 0.3) is 0 Å². The van der Waals surface area contributed by atoms with Crippen LogP contribution in [0.15, 0.2) is 22.9 Å². The van der Waals surface area contributed by atoms with Crippen molar-refractivity contribution in [1.82, 2.24) is 5.16 Å². The normalized spacial score (nSPS) is 10.7. The molecule has 2 nitrogen and oxygen atoms in total. The van der Waals surface area contributed by atoms with E-state index >= 15 is 0 Å². The summed E-state index contributed by atoms with van der Waals surface area (Å²) in [4.78, 5) is 0. The molecule has 0 saturated carbocycles. The standard InChI is InChI=1S/C9H3F4NO/c10-5-3-4(6-1-2-15-14-6)7(11)9(13)8(5)12/h1-3H. The van der Waals surface area contributed by atoms with Crippen molar-refractivity contribution in [2.75, 3.05) is 0 Å². The van der Waals surface area contributed by atoms with Crippen LogP contribution in [0.2, 0.25) is 0 Å². The molecule has 0 amide bonds. The second-order valence-corrected chi connectivity index (χ2v) is 2.73. The maximum atomic E-state index is 13.1. The largest absolute Gasteiger partial charge is 0.364 e. The van der Waals surface area contributed by atoms with Gasteiger partial charge in [0.05, 0.1) is 0 Å². The van der Waals surface area contributed by atoms with E-state index in [0.717, 1.165) is 6.26 Å². The van der Waals surface area contributed by atoms with Crippen LogP contribution in [0.3, 0.4) is 0 Å². The lowest BCUT2D eigenvalue weighted by Crippen LogP contribution is -1.98. The lowest BCUT2D eigenvalue weighted by Gasteiger charge is -2.01. The van der Waals surface area contributed by atoms with Gasteiger partial charge in [0.1, 0.15) is 12.0 Å². The summed E-state index contributed by atoms with van der Waals surface area (Å²) in [5, 5.41) is 3.29. The molecule has 2 aromatic rings. The first-order chi connectivity index (χ1) is 7.11. The van der Waals surface area contributed by atoms with Crippen LogP contribution in [0.25, 0.3) is 11.3 Å². The van der Waals surface area contributed by atoms with E-state index in [4.69, 9.17) is 0 Å². The summed E-state index contributed by atoms with van der Waals surface area (Å²) in [6, 6.07) is 1.72. The molecule has 0 aliphatic carbocycles. The second-order valence-electron chi connectivity index (χ2n) is 2.73. The number of hydrogen-bond donors (Lipinski definition) is 0. The Labute approximate surface area is 81.1 Å². The number of benzene rings is 1. The summed E-state index contributed by atoms with van der Waals surface area (Å²) in [6.45, 7) is 0. The van der Waals surface area contributed by atoms with Crippen LogP contribution in [0.5, 0.6) is 0 Å². The molecule has 0 radical (unpaired) electrons. The lowest BCUT2D eigenvalue weighted by atomic mass is 10.1. The Bertz CT molecular complexity index is 495. The Kier molecular flexibility index (Phi) is 2.18. The maximum Gasteiger partial charge on any atom is 0.198 e. The monoisotopic (exact) mass is 217 g/mol. The molecule has 1 aromatic heterocycles. The fourth-order valence-electron chi connectivity index (χ4n) is 1.11. The van der Waals surface area contributed by atoms with Crippen molar-refractivity contribution < 1.29 is 22.1 Å². The van der Waals surface area contributed by atoms with Gasteiger partial charge in [-0.1, -0.05) is 5.16 Å². The van der Waals surface area contributed by atoms with E-state index in [2.05, 4.69) is 9.68 Å². The summed E-state index contributed by atoms with van der Waals surface area (Å²) in [5.41, 5.74) is -0.592. The highest BCUT2D eigenvalue weighted by Crippen LogP contribution is 2.26. The van der Waals surface area contributed by atoms with Gasteiger partial charge in [-0.05, 0) is 6.07 Å². The van der Waals surface area contributed by atoms with Crippen molar-refractivity contribution in [3.63, 3.8) is 0 Å². The molecular weight excluding hydrogens is 214 g/mol. The van der Waals surface area contributed by atoms with Crippen LogP contribution >= 0.6 is 0 Å². The van der Waals surface area contributed by atoms with Gasteiger partial charge in [0.2, 0.25) is 0 Å². The summed E-state index contributed by atoms with van der Waals surface area (Å²) in [7, 11) is 0. The number of hydrogen-bond acceptors (Lipinski definition) is 2. The third-order valence-electron chi connectivity index (χ3n) is 1.82. The zero-order valence-electron chi connectivity index (χ0n) is 7.10. The van der Waals surface area contributed by atoms with Crippen molar-refractivity contribution in [3.05, 3.63) is 41.7 Å². The van der Waals surface area contributed by atoms with Crippen molar-refractivity contribution in [2.45, 2.75) is 0 Å². The van der Waals surface area contributed by atoms with Crippen molar-refractivity contribution in [1.29, 1.82) is 0 Å². The van der Waals surface area contributed by atoms with Crippen molar-refractivity contribution in [3.8, 4) is 11.3 Å². The molecule has 0 spiro atoms. The Morgan fingerprint density at radius 1 is 1.00 bits per heavy atom. The molecule has 1 aromatic carbocycles. The summed E-state index contributed by atoms with van der Waals surface area (Å²) >= 11 is 0. The maximum absolute atomic E-state index is 13.1. The van der Waals surface area contributed by atoms with Gasteiger partial charge >= 0.3 is 0 Å². The molecule has 15 heavy (non-hydrogen) atoms. The van der Waals surface area contributed by atoms with Gasteiger partial charge in [0, 0.05) is 11.6 Å². The second kappa shape index (κ2) is 3.38. The molecule has 0 aliphatic heterocycles. The van der Waals surface area contributed by atoms with Crippen molar-refractivity contribution >= 4 is 0 Å². The third-order valence-corrected chi connectivity index (χ3v) is 1.82. The van der Waals surface area contributed by atoms with Crippen LogP contribution in [-0.4, -0.2) is 5.16 Å². The molecule has 0 bridgehead atoms. The average Bonchev–Trinajstić information content (AvgIpc) is 2.73. The minimum Gasteiger partial charge on any atom is -0.364 e. The predicted octanol–water partition coefficient (Wildman–Crippen LogP) is 2.90. The van der Waals surface area contributed by atoms with Gasteiger partial charge in [-0.2, -0.15) is 0 Å². The lowest BCUT2D eigenvalue weighted by molar-refractivity contribution is 0.407. The van der Waals surface area contributed by atoms with Gasteiger partial charge in [0.15, 0.2) is 23.3 Å². The van der Waals surface area contributed by atoms with E-state index in [1.54, 1.807) is 0 Å². The number of aromatic nitrogens is 1. The predicted molar refractivity (Wildman–Crippen MR) is 41.8 cm³/mol. The molecule has 1 heterocycles. The smallest absolute Gasteiger partial charge is 0.198 e. The molecule has 0 N–H and O–H groups in total. The van der Waals surface area contributed by atoms with E-state index in [9.17, 15) is 17.6 Å². The van der Waals surface area contributed by atoms with Gasteiger partial charge in [-0.25, -0.2) is 17.6 Å². The van der Waals surface area contributed by atoms with E-state index in [0.29, 0.717) is 6.07 Å². The molecule has 0 saturated heterocycles. The van der Waals surface area contributed by atoms with Crippen LogP contribution < -0.4 is 0 Å². The zero-order valence-corrected chi connectivity index (χ0v) is 7.10. The quantitative estimate of drug-likeness (QED) is 0.417. The van der Waals surface area contributed by atoms with Crippen LogP contribution in [0.4, 0.5) is 17.6 Å². The Morgan fingerprint density at radius 2 is 1.73 bits per heavy atom. The first-order valence-electron chi connectivity index (χ1n) is 3.85. The van der Waals surface area contributed by atoms with Crippen LogP contribution in [0.1, 0.15) is 0 Å². The molecule has 0 fully saturated rings. The van der Waals surface area contributed by atoms with Gasteiger partial charge in [-0.15, -0.1) is 0 Å². The highest BCUT2D eigenvalue weighted by molar-refractivity contribution is 5.59. The Hall–Kier alpha value is -1.85. The number of rotatable bonds is 1. The van der Waals surface area contributed by atoms with E-state index in [-0.39, 0.29) is 5.69 Å². The molecule has 0 aliphatic rings. The Balaban J connectivity index is 2.69. The highest BCUT2D eigenvalue weighted by Gasteiger charge is 2.20. The van der Waals surface area contributed by atoms with E-state index < -0.39 is 28.8 Å². The van der Waals surface area contributed by atoms with Crippen LogP contribution in [-0.2, 0) is 0 Å². The molecular formula is C9H3F4NO. The van der Waals surface area contributed by atoms with Crippen molar-refractivity contribution in [2.24, 2.45) is 0 Å². The first-order valence-corrected chi connectivity index (χ1v) is 3.85. The average molecular weight is 217 g/mol. The fraction of sp³-hybridized carbons (Fsp3) is 0. The highest BCUT2D eigenvalue weighted by atomic mass is 19.2. The molecule has 0 unspecified atom stereocenters. The van der Waals surface area contributed by atoms with E-state index in [1.807, 2.05) is 0 Å². The zero-order chi connectivity index (χ0) is 11.0. The van der Waals surface area contributed by atoms with E-state index in [1.165, 1.54) is 6.07 Å². The molecule has 6 heteroatoms. The molecule has 2 rings (SSSR count). The summed E-state index contributed by atoms with van der Waals surface area (Å²) < 4.78 is 55.7. The topological polar surface area (TPSA) is 26.0 Å². The minimum absolute atomic E-state index is 0.106. The summed E-state index contributed by atoms with van der Waals surface area (Å²) in [5.74, 6) is -6.69. The molecule has 78 valence electrons. The number of nitrogens with zero attached hydrogens (tertiary/aromatic N) is 1.